The van der Waals surface area contributed by atoms with Crippen LogP contribution in [0.1, 0.15) is 120 Å². The number of aryl methyl sites for hydroxylation is 2. The molecule has 1 aromatic heterocycles. The fraction of sp³-hybridized carbons (Fsp3) is 0.588. The number of aromatic nitrogens is 1. The van der Waals surface area contributed by atoms with E-state index < -0.39 is 0 Å². The van der Waals surface area contributed by atoms with E-state index in [-0.39, 0.29) is 37.1 Å². The van der Waals surface area contributed by atoms with Gasteiger partial charge in [0.05, 0.1) is 11.6 Å². The van der Waals surface area contributed by atoms with Crippen LogP contribution in [0.2, 0.25) is 0 Å². The predicted molar refractivity (Wildman–Crippen MR) is 288 cm³/mol. The first-order valence-electron chi connectivity index (χ1n) is 20.9. The zero-order valence-electron chi connectivity index (χ0n) is 37.0. The molecule has 1 saturated carbocycles. The van der Waals surface area contributed by atoms with E-state index in [2.05, 4.69) is 98.5 Å². The van der Waals surface area contributed by atoms with Crippen LogP contribution in [0.3, 0.4) is 0 Å². The minimum absolute atomic E-state index is 0. The number of nitrogens with zero attached hydrogens (tertiary/aromatic N) is 8. The molecule has 63 heavy (non-hydrogen) atoms. The quantitative estimate of drug-likeness (QED) is 0.0711. The molecule has 1 aliphatic carbocycles. The number of rotatable bonds is 10. The van der Waals surface area contributed by atoms with Gasteiger partial charge in [0.25, 0.3) is 0 Å². The molecule has 3 aliphatic rings. The molecule has 2 aliphatic heterocycles. The summed E-state index contributed by atoms with van der Waals surface area (Å²) in [6, 6.07) is 25.0. The number of benzene rings is 2. The van der Waals surface area contributed by atoms with E-state index in [0.29, 0.717) is 12.8 Å². The summed E-state index contributed by atoms with van der Waals surface area (Å²) >= 11 is 1.56. The topological polar surface area (TPSA) is 102 Å². The zero-order chi connectivity index (χ0) is 42.7. The van der Waals surface area contributed by atoms with Gasteiger partial charge in [0.2, 0.25) is 0 Å². The highest BCUT2D eigenvalue weighted by Crippen LogP contribution is 2.19. The molecule has 12 heteroatoms. The van der Waals surface area contributed by atoms with Crippen molar-refractivity contribution in [2.45, 2.75) is 122 Å². The van der Waals surface area contributed by atoms with Crippen molar-refractivity contribution >= 4 is 43.1 Å². The Balaban J connectivity index is -0.000000152. The van der Waals surface area contributed by atoms with Gasteiger partial charge in [0.1, 0.15) is 6.29 Å². The van der Waals surface area contributed by atoms with Crippen molar-refractivity contribution in [2.24, 2.45) is 27.1 Å². The highest BCUT2D eigenvalue weighted by molar-refractivity contribution is 8.10. The Morgan fingerprint density at radius 3 is 1.65 bits per heavy atom. The van der Waals surface area contributed by atoms with Crippen LogP contribution in [0.25, 0.3) is 0 Å². The van der Waals surface area contributed by atoms with E-state index in [1.807, 2.05) is 84.3 Å². The molecule has 3 heterocycles. The van der Waals surface area contributed by atoms with Crippen molar-refractivity contribution < 1.29 is 9.53 Å². The molecule has 11 nitrogen and oxygen atoms in total. The lowest BCUT2D eigenvalue weighted by Gasteiger charge is -2.28. The van der Waals surface area contributed by atoms with Crippen molar-refractivity contribution in [3.63, 3.8) is 0 Å². The molecule has 2 saturated heterocycles. The van der Waals surface area contributed by atoms with Gasteiger partial charge in [0.15, 0.2) is 13.1 Å². The standard InChI is InChI=1S/C9H16N2O.C8H17N3S.C8H9N.C8H10.C6H14N2.C5H7N.C2H4O.5CH4/c1-10-7-12-8-11-9-5-3-2-4-6-9;1-2-10-12-8-9-11-6-4-3-5-7-11;1-9-7-8-5-3-2-4-6-8;1-2-8-6-4-3-5-7-8;1-7-3-5-8(2)6-4-7;1-6-4-2-3-5-6;1-2-3;;;;;/h8-9H,1-7H2;8,10H,2-7H2,1H3;2-7H,1H3;3-7H,2H2,1H3;3-6H2,1-2H3;2-5H,1H3;2H,1H3;5*1H4/b;9-8+;;;;;;;;;;. The summed E-state index contributed by atoms with van der Waals surface area (Å²) in [6.07, 6.45) is 19.6. The van der Waals surface area contributed by atoms with Crippen molar-refractivity contribution in [1.82, 2.24) is 24.1 Å². The predicted octanol–water partition coefficient (Wildman–Crippen LogP) is 12.0. The molecule has 0 spiro atoms. The molecule has 0 amide bonds. The van der Waals surface area contributed by atoms with Crippen LogP contribution in [0.4, 0.5) is 0 Å². The Labute approximate surface area is 394 Å². The highest BCUT2D eigenvalue weighted by Gasteiger charge is 2.10. The van der Waals surface area contributed by atoms with Gasteiger partial charge in [-0.2, -0.15) is 5.10 Å². The van der Waals surface area contributed by atoms with E-state index in [9.17, 15) is 0 Å². The van der Waals surface area contributed by atoms with Crippen LogP contribution < -0.4 is 4.72 Å². The van der Waals surface area contributed by atoms with Gasteiger partial charge >= 0.3 is 0 Å². The molecule has 0 unspecified atom stereocenters. The van der Waals surface area contributed by atoms with Gasteiger partial charge in [-0.05, 0) is 101 Å². The Morgan fingerprint density at radius 1 is 0.746 bits per heavy atom. The lowest BCUT2D eigenvalue weighted by atomic mass is 9.96. The number of likely N-dealkylation sites (N-methyl/N-ethyl adjacent to an activating group) is 2. The molecule has 364 valence electrons. The maximum Gasteiger partial charge on any atom is 0.179 e. The normalized spacial score (nSPS) is 14.4. The molecule has 3 aromatic rings. The summed E-state index contributed by atoms with van der Waals surface area (Å²) in [5, 5.41) is 6.48. The number of carbonyl (C=O) groups is 1. The maximum atomic E-state index is 8.81. The first-order chi connectivity index (χ1) is 28.3. The largest absolute Gasteiger partial charge is 0.461 e. The van der Waals surface area contributed by atoms with Gasteiger partial charge in [-0.1, -0.05) is 131 Å². The smallest absolute Gasteiger partial charge is 0.179 e. The second-order valence-corrected chi connectivity index (χ2v) is 14.5. The number of piperazine rings is 1. The van der Waals surface area contributed by atoms with Crippen LogP contribution in [0.5, 0.6) is 0 Å². The molecule has 1 N–H and O–H groups in total. The van der Waals surface area contributed by atoms with Crippen LogP contribution in [-0.4, -0.2) is 130 Å². The lowest BCUT2D eigenvalue weighted by Crippen LogP contribution is -2.42. The van der Waals surface area contributed by atoms with Gasteiger partial charge in [-0.15, -0.1) is 0 Å². The Bertz CT molecular complexity index is 1360. The van der Waals surface area contributed by atoms with E-state index in [1.54, 1.807) is 19.0 Å². The second kappa shape index (κ2) is 54.0. The number of aldehydes is 1. The van der Waals surface area contributed by atoms with Gasteiger partial charge in [0, 0.05) is 78.5 Å². The average Bonchev–Trinajstić information content (AvgIpc) is 3.76. The van der Waals surface area contributed by atoms with Crippen LogP contribution in [-0.2, 0) is 23.0 Å². The summed E-state index contributed by atoms with van der Waals surface area (Å²) in [5.74, 6) is 0. The summed E-state index contributed by atoms with van der Waals surface area (Å²) in [4.78, 5) is 25.2. The van der Waals surface area contributed by atoms with E-state index in [1.165, 1.54) is 96.4 Å². The number of ether oxygens (including phenoxy) is 1. The monoisotopic (exact) mass is 900 g/mol. The number of nitrogens with one attached hydrogen (secondary N) is 1. The summed E-state index contributed by atoms with van der Waals surface area (Å²) in [7, 11) is 8.12. The average molecular weight is 900 g/mol. The summed E-state index contributed by atoms with van der Waals surface area (Å²) in [5.41, 5.74) is 4.45. The first-order valence-corrected chi connectivity index (χ1v) is 21.8. The number of hydrogen-bond donors (Lipinski definition) is 1. The molecule has 0 bridgehead atoms. The molecule has 6 rings (SSSR count). The number of hydrogen-bond acceptors (Lipinski definition) is 11. The highest BCUT2D eigenvalue weighted by atomic mass is 32.2. The third-order valence-electron chi connectivity index (χ3n) is 8.72. The van der Waals surface area contributed by atoms with Gasteiger partial charge < -0.3 is 23.9 Å². The van der Waals surface area contributed by atoms with E-state index in [0.717, 1.165) is 37.9 Å². The summed E-state index contributed by atoms with van der Waals surface area (Å²) in [6.45, 7) is 17.5. The van der Waals surface area contributed by atoms with Gasteiger partial charge in [-0.25, -0.2) is 0 Å². The number of piperidine rings is 1. The fourth-order valence-electron chi connectivity index (χ4n) is 5.38. The maximum absolute atomic E-state index is 8.81. The molecule has 3 fully saturated rings. The number of aliphatic imine (C=N–C) groups is 3. The minimum atomic E-state index is 0. The molecule has 0 atom stereocenters. The zero-order valence-corrected chi connectivity index (χ0v) is 37.8. The Kier molecular flexibility index (Phi) is 60.5. The summed E-state index contributed by atoms with van der Waals surface area (Å²) < 4.78 is 10.1. The third-order valence-corrected chi connectivity index (χ3v) is 9.37. The van der Waals surface area contributed by atoms with Crippen molar-refractivity contribution in [1.29, 1.82) is 0 Å². The lowest BCUT2D eigenvalue weighted by molar-refractivity contribution is -0.106. The first kappa shape index (κ1) is 70.6. The van der Waals surface area contributed by atoms with Crippen molar-refractivity contribution in [2.75, 3.05) is 73.7 Å². The molecule has 0 radical (unpaired) electrons. The van der Waals surface area contributed by atoms with Crippen molar-refractivity contribution in [3.05, 3.63) is 96.3 Å². The second-order valence-electron chi connectivity index (χ2n) is 13.7. The molecular formula is C51H97N9O2S. The van der Waals surface area contributed by atoms with E-state index in [4.69, 9.17) is 9.53 Å². The van der Waals surface area contributed by atoms with Crippen molar-refractivity contribution in [3.8, 4) is 0 Å². The fourth-order valence-corrected chi connectivity index (χ4v) is 5.80. The van der Waals surface area contributed by atoms with Crippen LogP contribution in [0.15, 0.2) is 105 Å². The Hall–Kier alpha value is -4.10. The van der Waals surface area contributed by atoms with E-state index >= 15 is 0 Å². The number of hydrazone groups is 1. The van der Waals surface area contributed by atoms with Gasteiger partial charge in [-0.3, -0.25) is 24.7 Å². The van der Waals surface area contributed by atoms with Crippen LogP contribution in [0, 0.1) is 0 Å². The third kappa shape index (κ3) is 47.2. The minimum Gasteiger partial charge on any atom is -0.461 e. The number of carbonyl (C=O) groups excluding carboxylic acids is 1. The van der Waals surface area contributed by atoms with Crippen LogP contribution >= 0.6 is 11.9 Å². The Morgan fingerprint density at radius 2 is 1.24 bits per heavy atom. The molecular weight excluding hydrogens is 803 g/mol. The SMILES string of the molecule is C.C.C.C.C.C=NCOC=NC1CCCCC1.CC=O.CCNS/C=N/N1CCCCC1.CCc1ccccc1.CN1CCN(C)CC1.CN=Cc1ccccc1.Cn1cccc1. The molecule has 2 aromatic carbocycles.